The number of carbonyl (C=O) groups is 1. The van der Waals surface area contributed by atoms with Gasteiger partial charge in [-0.05, 0) is 11.5 Å². The second-order valence-corrected chi connectivity index (χ2v) is 4.26. The zero-order chi connectivity index (χ0) is 9.90. The molecule has 0 spiro atoms. The number of hydrogen-bond donors (Lipinski definition) is 1. The van der Waals surface area contributed by atoms with Gasteiger partial charge in [0.2, 0.25) is 0 Å². The van der Waals surface area contributed by atoms with Gasteiger partial charge < -0.3 is 9.73 Å². The maximum absolute atomic E-state index is 11.4. The summed E-state index contributed by atoms with van der Waals surface area (Å²) in [6.45, 7) is 6.88. The molecule has 1 aromatic rings. The van der Waals surface area contributed by atoms with E-state index in [4.69, 9.17) is 4.42 Å². The number of hydrogen-bond acceptors (Lipinski definition) is 2. The van der Waals surface area contributed by atoms with Gasteiger partial charge in [0.25, 0.3) is 5.91 Å². The van der Waals surface area contributed by atoms with Crippen LogP contribution in [0.25, 0.3) is 0 Å². The monoisotopic (exact) mass is 181 g/mol. The quantitative estimate of drug-likeness (QED) is 0.758. The van der Waals surface area contributed by atoms with Crippen LogP contribution in [0.3, 0.4) is 0 Å². The maximum Gasteiger partial charge on any atom is 0.254 e. The van der Waals surface area contributed by atoms with Crippen molar-refractivity contribution in [2.75, 3.05) is 6.54 Å². The Morgan fingerprint density at radius 2 is 2.23 bits per heavy atom. The van der Waals surface area contributed by atoms with Gasteiger partial charge in [-0.15, -0.1) is 0 Å². The Balaban J connectivity index is 2.44. The standard InChI is InChI=1S/C10H15NO2/c1-10(2,3)7-11-9(12)8-4-5-13-6-8/h4-6H,7H2,1-3H3,(H,11,12). The van der Waals surface area contributed by atoms with Gasteiger partial charge in [-0.2, -0.15) is 0 Å². The van der Waals surface area contributed by atoms with E-state index < -0.39 is 0 Å². The Kier molecular flexibility index (Phi) is 2.76. The van der Waals surface area contributed by atoms with Crippen molar-refractivity contribution in [1.82, 2.24) is 5.32 Å². The Morgan fingerprint density at radius 1 is 1.54 bits per heavy atom. The van der Waals surface area contributed by atoms with E-state index in [0.29, 0.717) is 12.1 Å². The molecule has 0 aromatic carbocycles. The highest BCUT2D eigenvalue weighted by Gasteiger charge is 2.13. The zero-order valence-electron chi connectivity index (χ0n) is 8.26. The van der Waals surface area contributed by atoms with Crippen LogP contribution in [0.4, 0.5) is 0 Å². The number of furan rings is 1. The fourth-order valence-corrected chi connectivity index (χ4v) is 0.841. The number of rotatable bonds is 2. The van der Waals surface area contributed by atoms with E-state index in [1.54, 1.807) is 6.07 Å². The second kappa shape index (κ2) is 3.64. The third kappa shape index (κ3) is 3.32. The first-order chi connectivity index (χ1) is 5.99. The van der Waals surface area contributed by atoms with E-state index in [-0.39, 0.29) is 11.3 Å². The summed E-state index contributed by atoms with van der Waals surface area (Å²) in [5.74, 6) is -0.0799. The van der Waals surface area contributed by atoms with Crippen molar-refractivity contribution < 1.29 is 9.21 Å². The third-order valence-corrected chi connectivity index (χ3v) is 1.56. The highest BCUT2D eigenvalue weighted by molar-refractivity contribution is 5.93. The molecule has 1 aromatic heterocycles. The Hall–Kier alpha value is -1.25. The van der Waals surface area contributed by atoms with Gasteiger partial charge in [-0.3, -0.25) is 4.79 Å². The molecule has 0 aliphatic heterocycles. The maximum atomic E-state index is 11.4. The lowest BCUT2D eigenvalue weighted by Gasteiger charge is -2.18. The topological polar surface area (TPSA) is 42.2 Å². The second-order valence-electron chi connectivity index (χ2n) is 4.26. The van der Waals surface area contributed by atoms with E-state index in [1.165, 1.54) is 12.5 Å². The van der Waals surface area contributed by atoms with E-state index in [0.717, 1.165) is 0 Å². The Morgan fingerprint density at radius 3 is 2.69 bits per heavy atom. The molecule has 1 rings (SSSR count). The molecule has 0 aliphatic rings. The molecule has 0 saturated heterocycles. The SMILES string of the molecule is CC(C)(C)CNC(=O)c1ccoc1. The van der Waals surface area contributed by atoms with E-state index in [9.17, 15) is 4.79 Å². The van der Waals surface area contributed by atoms with Gasteiger partial charge in [-0.25, -0.2) is 0 Å². The molecule has 0 saturated carbocycles. The molecule has 3 nitrogen and oxygen atoms in total. The average molecular weight is 181 g/mol. The minimum absolute atomic E-state index is 0.0799. The van der Waals surface area contributed by atoms with Crippen LogP contribution in [-0.2, 0) is 0 Å². The number of carbonyl (C=O) groups excluding carboxylic acids is 1. The number of nitrogens with one attached hydrogen (secondary N) is 1. The molecule has 72 valence electrons. The highest BCUT2D eigenvalue weighted by Crippen LogP contribution is 2.10. The van der Waals surface area contributed by atoms with Gasteiger partial charge in [0.15, 0.2) is 0 Å². The molecule has 0 unspecified atom stereocenters. The smallest absolute Gasteiger partial charge is 0.254 e. The van der Waals surface area contributed by atoms with Crippen LogP contribution in [0, 0.1) is 5.41 Å². The zero-order valence-corrected chi connectivity index (χ0v) is 8.26. The summed E-state index contributed by atoms with van der Waals surface area (Å²) >= 11 is 0. The molecule has 13 heavy (non-hydrogen) atoms. The fraction of sp³-hybridized carbons (Fsp3) is 0.500. The van der Waals surface area contributed by atoms with E-state index >= 15 is 0 Å². The van der Waals surface area contributed by atoms with E-state index in [1.807, 2.05) is 0 Å². The van der Waals surface area contributed by atoms with Crippen LogP contribution < -0.4 is 5.32 Å². The molecule has 0 fully saturated rings. The highest BCUT2D eigenvalue weighted by atomic mass is 16.3. The molecular formula is C10H15NO2. The third-order valence-electron chi connectivity index (χ3n) is 1.56. The molecule has 1 N–H and O–H groups in total. The fourth-order valence-electron chi connectivity index (χ4n) is 0.841. The lowest BCUT2D eigenvalue weighted by Crippen LogP contribution is -2.31. The average Bonchev–Trinajstić information content (AvgIpc) is 2.50. The van der Waals surface area contributed by atoms with Crippen LogP contribution >= 0.6 is 0 Å². The summed E-state index contributed by atoms with van der Waals surface area (Å²) in [4.78, 5) is 11.4. The van der Waals surface area contributed by atoms with Crippen LogP contribution in [-0.4, -0.2) is 12.5 Å². The summed E-state index contributed by atoms with van der Waals surface area (Å²) in [5.41, 5.74) is 0.684. The molecule has 0 atom stereocenters. The van der Waals surface area contributed by atoms with Crippen molar-refractivity contribution >= 4 is 5.91 Å². The lowest BCUT2D eigenvalue weighted by molar-refractivity contribution is 0.0938. The molecule has 1 heterocycles. The Labute approximate surface area is 78.1 Å². The van der Waals surface area contributed by atoms with Gasteiger partial charge in [0, 0.05) is 6.54 Å². The summed E-state index contributed by atoms with van der Waals surface area (Å²) in [5, 5.41) is 2.83. The summed E-state index contributed by atoms with van der Waals surface area (Å²) in [6, 6.07) is 1.65. The van der Waals surface area contributed by atoms with E-state index in [2.05, 4.69) is 26.1 Å². The summed E-state index contributed by atoms with van der Waals surface area (Å²) < 4.78 is 4.81. The normalized spacial score (nSPS) is 11.3. The summed E-state index contributed by atoms with van der Waals surface area (Å²) in [7, 11) is 0. The minimum Gasteiger partial charge on any atom is -0.472 e. The van der Waals surface area contributed by atoms with Gasteiger partial charge in [-0.1, -0.05) is 20.8 Å². The molecule has 0 bridgehead atoms. The molecule has 0 radical (unpaired) electrons. The summed E-state index contributed by atoms with van der Waals surface area (Å²) in [6.07, 6.45) is 2.93. The largest absolute Gasteiger partial charge is 0.472 e. The first-order valence-electron chi connectivity index (χ1n) is 4.29. The minimum atomic E-state index is -0.0799. The van der Waals surface area contributed by atoms with Crippen molar-refractivity contribution in [3.8, 4) is 0 Å². The van der Waals surface area contributed by atoms with Gasteiger partial charge in [0.05, 0.1) is 11.8 Å². The van der Waals surface area contributed by atoms with Gasteiger partial charge >= 0.3 is 0 Å². The van der Waals surface area contributed by atoms with Crippen molar-refractivity contribution in [3.63, 3.8) is 0 Å². The molecule has 3 heteroatoms. The first-order valence-corrected chi connectivity index (χ1v) is 4.29. The molecule has 1 amide bonds. The van der Waals surface area contributed by atoms with Crippen molar-refractivity contribution in [2.45, 2.75) is 20.8 Å². The van der Waals surface area contributed by atoms with Crippen LogP contribution in [0.2, 0.25) is 0 Å². The van der Waals surface area contributed by atoms with Gasteiger partial charge in [0.1, 0.15) is 6.26 Å². The van der Waals surface area contributed by atoms with Crippen molar-refractivity contribution in [2.24, 2.45) is 5.41 Å². The lowest BCUT2D eigenvalue weighted by atomic mass is 9.97. The first kappa shape index (κ1) is 9.84. The van der Waals surface area contributed by atoms with Crippen molar-refractivity contribution in [3.05, 3.63) is 24.2 Å². The van der Waals surface area contributed by atoms with Crippen LogP contribution in [0.1, 0.15) is 31.1 Å². The predicted octanol–water partition coefficient (Wildman–Crippen LogP) is 2.06. The Bertz CT molecular complexity index is 270. The predicted molar refractivity (Wildman–Crippen MR) is 50.5 cm³/mol. The number of amides is 1. The van der Waals surface area contributed by atoms with Crippen LogP contribution in [0.5, 0.6) is 0 Å². The van der Waals surface area contributed by atoms with Crippen molar-refractivity contribution in [1.29, 1.82) is 0 Å². The molecular weight excluding hydrogens is 166 g/mol. The van der Waals surface area contributed by atoms with Crippen LogP contribution in [0.15, 0.2) is 23.0 Å². The molecule has 0 aliphatic carbocycles.